The monoisotopic (exact) mass is 414 g/mol. The van der Waals surface area contributed by atoms with E-state index in [1.165, 1.54) is 13.8 Å². The normalized spacial score (nSPS) is 29.5. The summed E-state index contributed by atoms with van der Waals surface area (Å²) in [6.45, 7) is 6.08. The van der Waals surface area contributed by atoms with E-state index in [2.05, 4.69) is 0 Å². The van der Waals surface area contributed by atoms with Crippen LogP contribution in [0.4, 0.5) is 0 Å². The van der Waals surface area contributed by atoms with Crippen LogP contribution in [0.2, 0.25) is 0 Å². The number of carbonyl (C=O) groups excluding carboxylic acids is 1. The molecule has 2 aliphatic carbocycles. The highest BCUT2D eigenvalue weighted by atomic mass is 32.3. The van der Waals surface area contributed by atoms with Crippen molar-refractivity contribution in [3.05, 3.63) is 0 Å². The van der Waals surface area contributed by atoms with Gasteiger partial charge in [0.15, 0.2) is 29.5 Å². The highest BCUT2D eigenvalue weighted by Gasteiger charge is 2.66. The zero-order valence-electron chi connectivity index (χ0n) is 15.0. The Labute approximate surface area is 150 Å². The van der Waals surface area contributed by atoms with Crippen molar-refractivity contribution in [1.29, 1.82) is 0 Å². The van der Waals surface area contributed by atoms with Crippen LogP contribution in [0.25, 0.3) is 0 Å². The average molecular weight is 415 g/mol. The molecule has 0 amide bonds. The Balaban J connectivity index is 2.59. The Kier molecular flexibility index (Phi) is 5.01. The maximum absolute atomic E-state index is 13.0. The third-order valence-corrected chi connectivity index (χ3v) is 15.8. The second-order valence-corrected chi connectivity index (χ2v) is 15.4. The lowest BCUT2D eigenvalue weighted by Gasteiger charge is -2.36. The van der Waals surface area contributed by atoms with Crippen molar-refractivity contribution in [2.24, 2.45) is 16.7 Å². The molecule has 0 N–H and O–H groups in total. The summed E-state index contributed by atoms with van der Waals surface area (Å²) in [5.74, 6) is -2.05. The Morgan fingerprint density at radius 1 is 0.960 bits per heavy atom. The molecule has 0 aromatic rings. The van der Waals surface area contributed by atoms with Crippen LogP contribution in [0, 0.1) is 16.7 Å². The summed E-state index contributed by atoms with van der Waals surface area (Å²) in [4.78, 5) is 12.5. The second kappa shape index (κ2) is 6.02. The topological polar surface area (TPSA) is 119 Å². The van der Waals surface area contributed by atoms with Crippen molar-refractivity contribution in [3.8, 4) is 0 Å². The fourth-order valence-electron chi connectivity index (χ4n) is 4.46. The molecule has 0 radical (unpaired) electrons. The van der Waals surface area contributed by atoms with Crippen molar-refractivity contribution in [2.75, 3.05) is 17.3 Å². The molecule has 2 fully saturated rings. The molecule has 0 aliphatic heterocycles. The van der Waals surface area contributed by atoms with Crippen molar-refractivity contribution >= 4 is 35.3 Å². The fourth-order valence-corrected chi connectivity index (χ4v) is 13.9. The van der Waals surface area contributed by atoms with Gasteiger partial charge in [-0.25, -0.2) is 25.3 Å². The molecule has 0 saturated heterocycles. The number of Topliss-reactive ketones (excluding diaryl/α,β-unsaturated/α-hetero) is 1. The van der Waals surface area contributed by atoms with Gasteiger partial charge in [-0.05, 0) is 24.2 Å². The van der Waals surface area contributed by atoms with Crippen LogP contribution >= 0.6 is 0 Å². The van der Waals surface area contributed by atoms with E-state index in [4.69, 9.17) is 0 Å². The lowest BCUT2D eigenvalue weighted by Crippen LogP contribution is -2.48. The van der Waals surface area contributed by atoms with Gasteiger partial charge in [0.25, 0.3) is 3.91 Å². The summed E-state index contributed by atoms with van der Waals surface area (Å²) in [6.07, 6.45) is 1.32. The molecule has 10 heteroatoms. The van der Waals surface area contributed by atoms with Crippen LogP contribution in [-0.2, 0) is 34.3 Å². The molecule has 2 atom stereocenters. The molecular formula is C15H26O7S3. The molecule has 0 aromatic carbocycles. The van der Waals surface area contributed by atoms with Crippen LogP contribution < -0.4 is 0 Å². The molecular weight excluding hydrogens is 388 g/mol. The van der Waals surface area contributed by atoms with Gasteiger partial charge in [-0.15, -0.1) is 0 Å². The molecule has 0 aromatic heterocycles. The van der Waals surface area contributed by atoms with Crippen LogP contribution in [0.15, 0.2) is 0 Å². The Hall–Kier alpha value is -0.480. The third-order valence-electron chi connectivity index (χ3n) is 6.27. The lowest BCUT2D eigenvalue weighted by atomic mass is 9.70. The number of carbonyl (C=O) groups is 1. The number of hydrogen-bond donors (Lipinski definition) is 0. The first-order valence-electron chi connectivity index (χ1n) is 8.36. The Bertz CT molecular complexity index is 847. The van der Waals surface area contributed by atoms with Gasteiger partial charge >= 0.3 is 0 Å². The minimum Gasteiger partial charge on any atom is -0.299 e. The molecule has 0 spiro atoms. The molecule has 2 aliphatic rings. The van der Waals surface area contributed by atoms with Gasteiger partial charge in [-0.1, -0.05) is 27.7 Å². The van der Waals surface area contributed by atoms with Crippen LogP contribution in [0.3, 0.4) is 0 Å². The van der Waals surface area contributed by atoms with E-state index in [1.807, 2.05) is 13.8 Å². The highest BCUT2D eigenvalue weighted by molar-refractivity contribution is 8.24. The fraction of sp³-hybridized carbons (Fsp3) is 0.933. The van der Waals surface area contributed by atoms with Crippen molar-refractivity contribution in [2.45, 2.75) is 50.9 Å². The first-order valence-corrected chi connectivity index (χ1v) is 13.5. The molecule has 2 unspecified atom stereocenters. The summed E-state index contributed by atoms with van der Waals surface area (Å²) in [5, 5.41) is 0. The van der Waals surface area contributed by atoms with E-state index in [0.717, 1.165) is 0 Å². The van der Waals surface area contributed by atoms with Crippen LogP contribution in [0.1, 0.15) is 47.0 Å². The van der Waals surface area contributed by atoms with Crippen molar-refractivity contribution in [3.63, 3.8) is 0 Å². The smallest absolute Gasteiger partial charge is 0.262 e. The predicted molar refractivity (Wildman–Crippen MR) is 95.1 cm³/mol. The quantitative estimate of drug-likeness (QED) is 0.608. The van der Waals surface area contributed by atoms with Gasteiger partial charge in [0.2, 0.25) is 0 Å². The number of fused-ring (bicyclic) bond motifs is 2. The summed E-state index contributed by atoms with van der Waals surface area (Å²) >= 11 is 0. The zero-order valence-corrected chi connectivity index (χ0v) is 17.4. The zero-order chi connectivity index (χ0) is 19.5. The standard InChI is InChI=1S/C15H26O7S3/c1-5-23(17,18)13(24(19,20)6-2)25(21,22)10-15-8-7-11(9-12(15)16)14(15,3)4/h11,13H,5-10H2,1-4H3. The maximum Gasteiger partial charge on any atom is 0.262 e. The minimum absolute atomic E-state index is 0.0548. The average Bonchev–Trinajstić information content (AvgIpc) is 2.79. The molecule has 2 saturated carbocycles. The van der Waals surface area contributed by atoms with E-state index in [1.54, 1.807) is 0 Å². The van der Waals surface area contributed by atoms with E-state index in [9.17, 15) is 30.0 Å². The van der Waals surface area contributed by atoms with E-state index in [-0.39, 0.29) is 18.1 Å². The maximum atomic E-state index is 13.0. The predicted octanol–water partition coefficient (Wildman–Crippen LogP) is 0.950. The third kappa shape index (κ3) is 2.97. The van der Waals surface area contributed by atoms with Crippen LogP contribution in [-0.4, -0.2) is 52.2 Å². The first kappa shape index (κ1) is 20.8. The van der Waals surface area contributed by atoms with Crippen molar-refractivity contribution in [1.82, 2.24) is 0 Å². The van der Waals surface area contributed by atoms with Gasteiger partial charge < -0.3 is 0 Å². The largest absolute Gasteiger partial charge is 0.299 e. The van der Waals surface area contributed by atoms with E-state index < -0.39 is 61.5 Å². The molecule has 7 nitrogen and oxygen atoms in total. The Morgan fingerprint density at radius 3 is 1.76 bits per heavy atom. The second-order valence-electron chi connectivity index (χ2n) is 7.67. The van der Waals surface area contributed by atoms with Gasteiger partial charge in [-0.3, -0.25) is 4.79 Å². The molecule has 25 heavy (non-hydrogen) atoms. The van der Waals surface area contributed by atoms with Crippen LogP contribution in [0.5, 0.6) is 0 Å². The van der Waals surface area contributed by atoms with Gasteiger partial charge in [0.05, 0.1) is 5.75 Å². The molecule has 2 bridgehead atoms. The van der Waals surface area contributed by atoms with E-state index in [0.29, 0.717) is 12.8 Å². The summed E-state index contributed by atoms with van der Waals surface area (Å²) in [5.41, 5.74) is -1.78. The molecule has 0 heterocycles. The SMILES string of the molecule is CCS(=O)(=O)C(S(=O)(=O)CC)S(=O)(=O)CC12CCC(CC1=O)C2(C)C. The summed E-state index contributed by atoms with van der Waals surface area (Å²) < 4.78 is 72.8. The van der Waals surface area contributed by atoms with E-state index >= 15 is 0 Å². The first-order chi connectivity index (χ1) is 11.2. The lowest BCUT2D eigenvalue weighted by molar-refractivity contribution is -0.128. The number of hydrogen-bond acceptors (Lipinski definition) is 7. The molecule has 2 rings (SSSR count). The Morgan fingerprint density at radius 2 is 1.44 bits per heavy atom. The summed E-state index contributed by atoms with van der Waals surface area (Å²) in [6, 6.07) is 0. The highest BCUT2D eigenvalue weighted by Crippen LogP contribution is 2.64. The number of rotatable bonds is 7. The van der Waals surface area contributed by atoms with Gasteiger partial charge in [-0.2, -0.15) is 0 Å². The summed E-state index contributed by atoms with van der Waals surface area (Å²) in [7, 11) is -13.4. The number of sulfone groups is 3. The number of ketones is 1. The van der Waals surface area contributed by atoms with Gasteiger partial charge in [0.1, 0.15) is 5.78 Å². The minimum atomic E-state index is -4.59. The van der Waals surface area contributed by atoms with Gasteiger partial charge in [0, 0.05) is 23.3 Å². The molecule has 146 valence electrons. The van der Waals surface area contributed by atoms with Crippen molar-refractivity contribution < 1.29 is 30.0 Å².